The fourth-order valence-electron chi connectivity index (χ4n) is 1.77. The zero-order valence-electron chi connectivity index (χ0n) is 9.74. The lowest BCUT2D eigenvalue weighted by atomic mass is 10.2. The molecule has 0 radical (unpaired) electrons. The lowest BCUT2D eigenvalue weighted by molar-refractivity contribution is 0.921. The third kappa shape index (κ3) is 2.27. The van der Waals surface area contributed by atoms with Crippen molar-refractivity contribution in [1.29, 1.82) is 0 Å². The van der Waals surface area contributed by atoms with Crippen LogP contribution in [0.15, 0.2) is 54.7 Å². The first-order valence-corrected chi connectivity index (χ1v) is 5.78. The van der Waals surface area contributed by atoms with Crippen molar-refractivity contribution < 1.29 is 0 Å². The normalized spacial score (nSPS) is 10.4. The molecule has 2 heterocycles. The molecule has 0 amide bonds. The van der Waals surface area contributed by atoms with Crippen LogP contribution >= 0.6 is 0 Å². The summed E-state index contributed by atoms with van der Waals surface area (Å²) in [5, 5.41) is 12.2. The lowest BCUT2D eigenvalue weighted by Crippen LogP contribution is -2.03. The van der Waals surface area contributed by atoms with Gasteiger partial charge in [-0.25, -0.2) is 4.98 Å². The standard InChI is InChI=1S/C14H12N4/c1-2-6-13-11(4-1)7-8-14(17-13)15-10-12-5-3-9-16-18-12/h1-9H,10H2,(H,15,17). The molecule has 3 aromatic rings. The first kappa shape index (κ1) is 10.7. The molecule has 0 saturated carbocycles. The molecule has 4 heteroatoms. The van der Waals surface area contributed by atoms with Crippen molar-refractivity contribution >= 4 is 16.7 Å². The first-order valence-electron chi connectivity index (χ1n) is 5.78. The SMILES string of the molecule is c1cnnc(CNc2ccc3ccccc3n2)c1. The maximum absolute atomic E-state index is 4.53. The minimum atomic E-state index is 0.624. The van der Waals surface area contributed by atoms with Gasteiger partial charge in [0.25, 0.3) is 0 Å². The topological polar surface area (TPSA) is 50.7 Å². The Hall–Kier alpha value is -2.49. The Morgan fingerprint density at radius 3 is 2.78 bits per heavy atom. The number of rotatable bonds is 3. The lowest BCUT2D eigenvalue weighted by Gasteiger charge is -2.05. The quantitative estimate of drug-likeness (QED) is 0.759. The number of benzene rings is 1. The van der Waals surface area contributed by atoms with Crippen LogP contribution in [0.5, 0.6) is 0 Å². The van der Waals surface area contributed by atoms with Gasteiger partial charge in [-0.2, -0.15) is 10.2 Å². The van der Waals surface area contributed by atoms with Crippen molar-refractivity contribution in [2.45, 2.75) is 6.54 Å². The molecule has 0 fully saturated rings. The van der Waals surface area contributed by atoms with Gasteiger partial charge in [0.15, 0.2) is 0 Å². The van der Waals surface area contributed by atoms with Gasteiger partial charge in [0.05, 0.1) is 17.8 Å². The van der Waals surface area contributed by atoms with Gasteiger partial charge in [-0.05, 0) is 30.3 Å². The van der Waals surface area contributed by atoms with E-state index in [1.807, 2.05) is 36.4 Å². The minimum Gasteiger partial charge on any atom is -0.364 e. The van der Waals surface area contributed by atoms with E-state index in [4.69, 9.17) is 0 Å². The highest BCUT2D eigenvalue weighted by atomic mass is 15.1. The van der Waals surface area contributed by atoms with Crippen molar-refractivity contribution in [3.8, 4) is 0 Å². The number of fused-ring (bicyclic) bond motifs is 1. The van der Waals surface area contributed by atoms with Crippen LogP contribution in [0.4, 0.5) is 5.82 Å². The smallest absolute Gasteiger partial charge is 0.126 e. The van der Waals surface area contributed by atoms with E-state index >= 15 is 0 Å². The summed E-state index contributed by atoms with van der Waals surface area (Å²) in [5.41, 5.74) is 1.88. The second kappa shape index (κ2) is 4.79. The molecule has 0 bridgehead atoms. The van der Waals surface area contributed by atoms with Crippen LogP contribution in [0.2, 0.25) is 0 Å². The van der Waals surface area contributed by atoms with E-state index in [-0.39, 0.29) is 0 Å². The molecule has 0 spiro atoms. The fourth-order valence-corrected chi connectivity index (χ4v) is 1.77. The summed E-state index contributed by atoms with van der Waals surface area (Å²) >= 11 is 0. The van der Waals surface area contributed by atoms with Gasteiger partial charge < -0.3 is 5.32 Å². The highest BCUT2D eigenvalue weighted by molar-refractivity contribution is 5.79. The Kier molecular flexibility index (Phi) is 2.84. The van der Waals surface area contributed by atoms with Crippen molar-refractivity contribution in [3.63, 3.8) is 0 Å². The Labute approximate surface area is 105 Å². The Balaban J connectivity index is 1.79. The first-order chi connectivity index (χ1) is 8.92. The molecule has 0 aliphatic heterocycles. The summed E-state index contributed by atoms with van der Waals surface area (Å²) in [5.74, 6) is 0.847. The van der Waals surface area contributed by atoms with E-state index in [0.717, 1.165) is 22.4 Å². The van der Waals surface area contributed by atoms with Crippen LogP contribution in [0.1, 0.15) is 5.69 Å². The van der Waals surface area contributed by atoms with Crippen LogP contribution in [0.25, 0.3) is 10.9 Å². The van der Waals surface area contributed by atoms with Gasteiger partial charge in [0.2, 0.25) is 0 Å². The molecule has 0 aliphatic carbocycles. The predicted octanol–water partition coefficient (Wildman–Crippen LogP) is 2.64. The number of anilines is 1. The van der Waals surface area contributed by atoms with Crippen molar-refractivity contribution in [2.75, 3.05) is 5.32 Å². The number of hydrogen-bond donors (Lipinski definition) is 1. The molecule has 0 atom stereocenters. The molecular formula is C14H12N4. The van der Waals surface area contributed by atoms with Gasteiger partial charge in [-0.3, -0.25) is 0 Å². The van der Waals surface area contributed by atoms with E-state index < -0.39 is 0 Å². The highest BCUT2D eigenvalue weighted by Gasteiger charge is 1.98. The third-order valence-electron chi connectivity index (χ3n) is 2.68. The summed E-state index contributed by atoms with van der Waals surface area (Å²) in [6.45, 7) is 0.624. The molecule has 3 rings (SSSR count). The van der Waals surface area contributed by atoms with Crippen LogP contribution in [0, 0.1) is 0 Å². The van der Waals surface area contributed by atoms with Gasteiger partial charge in [0.1, 0.15) is 5.82 Å². The second-order valence-electron chi connectivity index (χ2n) is 3.96. The summed E-state index contributed by atoms with van der Waals surface area (Å²) in [6, 6.07) is 15.9. The predicted molar refractivity (Wildman–Crippen MR) is 71.1 cm³/mol. The van der Waals surface area contributed by atoms with Crippen molar-refractivity contribution in [3.05, 3.63) is 60.4 Å². The summed E-state index contributed by atoms with van der Waals surface area (Å²) in [4.78, 5) is 4.53. The molecule has 0 unspecified atom stereocenters. The largest absolute Gasteiger partial charge is 0.364 e. The average Bonchev–Trinajstić information content (AvgIpc) is 2.46. The molecule has 18 heavy (non-hydrogen) atoms. The zero-order valence-corrected chi connectivity index (χ0v) is 9.74. The Morgan fingerprint density at radius 1 is 0.944 bits per heavy atom. The highest BCUT2D eigenvalue weighted by Crippen LogP contribution is 2.14. The Bertz CT molecular complexity index is 652. The molecule has 0 aliphatic rings. The summed E-state index contributed by atoms with van der Waals surface area (Å²) in [6.07, 6.45) is 1.66. The van der Waals surface area contributed by atoms with E-state index in [1.54, 1.807) is 6.20 Å². The van der Waals surface area contributed by atoms with Crippen molar-refractivity contribution in [2.24, 2.45) is 0 Å². The van der Waals surface area contributed by atoms with Crippen LogP contribution < -0.4 is 5.32 Å². The van der Waals surface area contributed by atoms with Gasteiger partial charge in [-0.15, -0.1) is 0 Å². The van der Waals surface area contributed by atoms with E-state index in [0.29, 0.717) is 6.54 Å². The molecule has 1 aromatic carbocycles. The van der Waals surface area contributed by atoms with Crippen LogP contribution in [0.3, 0.4) is 0 Å². The number of nitrogens with one attached hydrogen (secondary N) is 1. The Morgan fingerprint density at radius 2 is 1.89 bits per heavy atom. The summed E-state index contributed by atoms with van der Waals surface area (Å²) in [7, 11) is 0. The monoisotopic (exact) mass is 236 g/mol. The summed E-state index contributed by atoms with van der Waals surface area (Å²) < 4.78 is 0. The maximum atomic E-state index is 4.53. The van der Waals surface area contributed by atoms with E-state index in [2.05, 4.69) is 32.6 Å². The molecule has 4 nitrogen and oxygen atoms in total. The molecule has 88 valence electrons. The second-order valence-corrected chi connectivity index (χ2v) is 3.96. The average molecular weight is 236 g/mol. The van der Waals surface area contributed by atoms with E-state index in [9.17, 15) is 0 Å². The molecular weight excluding hydrogens is 224 g/mol. The third-order valence-corrected chi connectivity index (χ3v) is 2.68. The number of aromatic nitrogens is 3. The van der Waals surface area contributed by atoms with Crippen LogP contribution in [-0.2, 0) is 6.54 Å². The molecule has 2 aromatic heterocycles. The zero-order chi connectivity index (χ0) is 12.2. The van der Waals surface area contributed by atoms with Gasteiger partial charge in [-0.1, -0.05) is 18.2 Å². The molecule has 1 N–H and O–H groups in total. The fraction of sp³-hybridized carbons (Fsp3) is 0.0714. The molecule has 0 saturated heterocycles. The van der Waals surface area contributed by atoms with Crippen LogP contribution in [-0.4, -0.2) is 15.2 Å². The van der Waals surface area contributed by atoms with Crippen molar-refractivity contribution in [1.82, 2.24) is 15.2 Å². The number of hydrogen-bond acceptors (Lipinski definition) is 4. The number of pyridine rings is 1. The minimum absolute atomic E-state index is 0.624. The van der Waals surface area contributed by atoms with E-state index in [1.165, 1.54) is 0 Å². The number of para-hydroxylation sites is 1. The maximum Gasteiger partial charge on any atom is 0.126 e. The number of nitrogens with zero attached hydrogens (tertiary/aromatic N) is 3. The van der Waals surface area contributed by atoms with Gasteiger partial charge in [0, 0.05) is 11.6 Å². The van der Waals surface area contributed by atoms with Gasteiger partial charge >= 0.3 is 0 Å².